The number of anilines is 1. The Hall–Kier alpha value is -1.93. The minimum absolute atomic E-state index is 0.0496. The number of benzene rings is 1. The molecule has 1 aromatic heterocycles. The van der Waals surface area contributed by atoms with Crippen LogP contribution < -0.4 is 5.32 Å². The van der Waals surface area contributed by atoms with Crippen molar-refractivity contribution in [2.75, 3.05) is 11.1 Å². The molecule has 0 bridgehead atoms. The molecule has 0 unspecified atom stereocenters. The van der Waals surface area contributed by atoms with Gasteiger partial charge in [-0.1, -0.05) is 15.9 Å². The Balaban J connectivity index is 1.96. The van der Waals surface area contributed by atoms with Gasteiger partial charge in [-0.05, 0) is 24.3 Å². The number of thioether (sulfide) groups is 1. The van der Waals surface area contributed by atoms with E-state index in [-0.39, 0.29) is 23.2 Å². The van der Waals surface area contributed by atoms with E-state index in [1.807, 2.05) is 24.3 Å². The zero-order valence-electron chi connectivity index (χ0n) is 10.6. The molecule has 0 aliphatic rings. The van der Waals surface area contributed by atoms with Gasteiger partial charge in [-0.25, -0.2) is 14.8 Å². The van der Waals surface area contributed by atoms with Gasteiger partial charge >= 0.3 is 5.97 Å². The molecule has 8 heteroatoms. The number of carboxylic acids is 1. The molecule has 2 aromatic rings. The molecule has 108 valence electrons. The van der Waals surface area contributed by atoms with Gasteiger partial charge in [0.05, 0.1) is 5.75 Å². The first kappa shape index (κ1) is 15.5. The summed E-state index contributed by atoms with van der Waals surface area (Å²) in [5, 5.41) is 11.4. The quantitative estimate of drug-likeness (QED) is 0.789. The van der Waals surface area contributed by atoms with Gasteiger partial charge in [-0.2, -0.15) is 0 Å². The fourth-order valence-electron chi connectivity index (χ4n) is 1.43. The Bertz CT molecular complexity index is 664. The number of rotatable bonds is 5. The van der Waals surface area contributed by atoms with Gasteiger partial charge in [-0.15, -0.1) is 11.8 Å². The van der Waals surface area contributed by atoms with Crippen LogP contribution in [-0.4, -0.2) is 32.7 Å². The Kier molecular flexibility index (Phi) is 5.29. The van der Waals surface area contributed by atoms with Crippen molar-refractivity contribution < 1.29 is 14.7 Å². The van der Waals surface area contributed by atoms with Crippen molar-refractivity contribution in [3.63, 3.8) is 0 Å². The lowest BCUT2D eigenvalue weighted by Gasteiger charge is -2.06. The molecule has 0 aliphatic carbocycles. The maximum absolute atomic E-state index is 11.8. The number of hydrogen-bond acceptors (Lipinski definition) is 5. The van der Waals surface area contributed by atoms with E-state index in [1.165, 1.54) is 24.2 Å². The summed E-state index contributed by atoms with van der Waals surface area (Å²) in [4.78, 5) is 31.2. The molecule has 1 amide bonds. The van der Waals surface area contributed by atoms with E-state index in [1.54, 1.807) is 0 Å². The largest absolute Gasteiger partial charge is 0.476 e. The molecule has 1 heterocycles. The summed E-state index contributed by atoms with van der Waals surface area (Å²) < 4.78 is 0.960. The smallest absolute Gasteiger partial charge is 0.358 e. The third-order valence-electron chi connectivity index (χ3n) is 2.34. The minimum atomic E-state index is -1.24. The molecule has 0 radical (unpaired) electrons. The highest BCUT2D eigenvalue weighted by Crippen LogP contribution is 2.20. The number of aromatic nitrogens is 2. The predicted molar refractivity (Wildman–Crippen MR) is 82.5 cm³/mol. The van der Waals surface area contributed by atoms with Gasteiger partial charge in [-0.3, -0.25) is 4.79 Å². The van der Waals surface area contributed by atoms with E-state index in [4.69, 9.17) is 5.11 Å². The zero-order chi connectivity index (χ0) is 15.2. The summed E-state index contributed by atoms with van der Waals surface area (Å²) in [6.45, 7) is 0. The van der Waals surface area contributed by atoms with Gasteiger partial charge < -0.3 is 10.4 Å². The molecule has 2 rings (SSSR count). The van der Waals surface area contributed by atoms with E-state index in [0.717, 1.165) is 9.37 Å². The Labute approximate surface area is 133 Å². The van der Waals surface area contributed by atoms with Crippen LogP contribution in [0.25, 0.3) is 0 Å². The molecule has 0 fully saturated rings. The second-order valence-corrected chi connectivity index (χ2v) is 5.81. The van der Waals surface area contributed by atoms with Crippen LogP contribution in [0, 0.1) is 0 Å². The van der Waals surface area contributed by atoms with Crippen LogP contribution in [0.4, 0.5) is 5.82 Å². The summed E-state index contributed by atoms with van der Waals surface area (Å²) in [5.41, 5.74) is -0.278. The van der Waals surface area contributed by atoms with Crippen LogP contribution in [0.3, 0.4) is 0 Å². The SMILES string of the molecule is O=C(CSc1ccc(Br)cc1)Nc1nccnc1C(=O)O. The number of halogens is 1. The van der Waals surface area contributed by atoms with E-state index < -0.39 is 5.97 Å². The molecule has 0 saturated heterocycles. The van der Waals surface area contributed by atoms with E-state index in [9.17, 15) is 9.59 Å². The van der Waals surface area contributed by atoms with E-state index >= 15 is 0 Å². The third kappa shape index (κ3) is 4.54. The monoisotopic (exact) mass is 367 g/mol. The normalized spacial score (nSPS) is 10.1. The fraction of sp³-hybridized carbons (Fsp3) is 0.0769. The number of amides is 1. The van der Waals surface area contributed by atoms with Crippen LogP contribution in [0.5, 0.6) is 0 Å². The second kappa shape index (κ2) is 7.19. The van der Waals surface area contributed by atoms with Crippen molar-refractivity contribution in [3.05, 3.63) is 46.8 Å². The summed E-state index contributed by atoms with van der Waals surface area (Å²) >= 11 is 4.67. The van der Waals surface area contributed by atoms with Crippen LogP contribution in [0.1, 0.15) is 10.5 Å². The van der Waals surface area contributed by atoms with E-state index in [0.29, 0.717) is 0 Å². The van der Waals surface area contributed by atoms with Crippen LogP contribution in [0.15, 0.2) is 46.0 Å². The van der Waals surface area contributed by atoms with Crippen molar-refractivity contribution >= 4 is 45.4 Å². The Morgan fingerprint density at radius 3 is 2.52 bits per heavy atom. The number of aromatic carboxylic acids is 1. The Morgan fingerprint density at radius 2 is 1.86 bits per heavy atom. The highest BCUT2D eigenvalue weighted by molar-refractivity contribution is 9.10. The topological polar surface area (TPSA) is 92.2 Å². The van der Waals surface area contributed by atoms with Gasteiger partial charge in [0.2, 0.25) is 5.91 Å². The molecule has 0 atom stereocenters. The molecule has 6 nitrogen and oxygen atoms in total. The first-order chi connectivity index (χ1) is 10.1. The highest BCUT2D eigenvalue weighted by atomic mass is 79.9. The molecule has 1 aromatic carbocycles. The first-order valence-corrected chi connectivity index (χ1v) is 7.56. The molecular weight excluding hydrogens is 358 g/mol. The van der Waals surface area contributed by atoms with Crippen molar-refractivity contribution in [1.82, 2.24) is 9.97 Å². The lowest BCUT2D eigenvalue weighted by Crippen LogP contribution is -2.18. The molecule has 21 heavy (non-hydrogen) atoms. The number of carbonyl (C=O) groups is 2. The summed E-state index contributed by atoms with van der Waals surface area (Å²) in [5.74, 6) is -1.48. The molecule has 0 saturated carbocycles. The molecular formula is C13H10BrN3O3S. The lowest BCUT2D eigenvalue weighted by molar-refractivity contribution is -0.113. The summed E-state index contributed by atoms with van der Waals surface area (Å²) in [6.07, 6.45) is 2.58. The van der Waals surface area contributed by atoms with Crippen molar-refractivity contribution in [2.24, 2.45) is 0 Å². The van der Waals surface area contributed by atoms with Crippen LogP contribution in [-0.2, 0) is 4.79 Å². The minimum Gasteiger partial charge on any atom is -0.476 e. The molecule has 0 spiro atoms. The number of nitrogens with one attached hydrogen (secondary N) is 1. The second-order valence-electron chi connectivity index (χ2n) is 3.85. The van der Waals surface area contributed by atoms with E-state index in [2.05, 4.69) is 31.2 Å². The highest BCUT2D eigenvalue weighted by Gasteiger charge is 2.14. The molecule has 0 aliphatic heterocycles. The number of carbonyl (C=O) groups excluding carboxylic acids is 1. The van der Waals surface area contributed by atoms with Crippen molar-refractivity contribution in [3.8, 4) is 0 Å². The number of hydrogen-bond donors (Lipinski definition) is 2. The van der Waals surface area contributed by atoms with Crippen LogP contribution >= 0.6 is 27.7 Å². The maximum Gasteiger partial charge on any atom is 0.358 e. The summed E-state index contributed by atoms with van der Waals surface area (Å²) in [6, 6.07) is 7.52. The predicted octanol–water partition coefficient (Wildman–Crippen LogP) is 2.67. The molecule has 2 N–H and O–H groups in total. The van der Waals surface area contributed by atoms with Gasteiger partial charge in [0.1, 0.15) is 0 Å². The first-order valence-electron chi connectivity index (χ1n) is 5.79. The third-order valence-corrected chi connectivity index (χ3v) is 3.88. The number of nitrogens with zero attached hydrogens (tertiary/aromatic N) is 2. The van der Waals surface area contributed by atoms with Gasteiger partial charge in [0, 0.05) is 21.8 Å². The lowest BCUT2D eigenvalue weighted by atomic mass is 10.4. The number of carboxylic acid groups (broad SMARTS) is 1. The maximum atomic E-state index is 11.8. The van der Waals surface area contributed by atoms with Gasteiger partial charge in [0.25, 0.3) is 0 Å². The standard InChI is InChI=1S/C13H10BrN3O3S/c14-8-1-3-9(4-2-8)21-7-10(18)17-12-11(13(19)20)15-5-6-16-12/h1-6H,7H2,(H,19,20)(H,16,17,18). The van der Waals surface area contributed by atoms with Gasteiger partial charge in [0.15, 0.2) is 11.5 Å². The average molecular weight is 368 g/mol. The fourth-order valence-corrected chi connectivity index (χ4v) is 2.40. The average Bonchev–Trinajstić information content (AvgIpc) is 2.47. The van der Waals surface area contributed by atoms with Crippen LogP contribution in [0.2, 0.25) is 0 Å². The van der Waals surface area contributed by atoms with Crippen molar-refractivity contribution in [1.29, 1.82) is 0 Å². The zero-order valence-corrected chi connectivity index (χ0v) is 13.0. The Morgan fingerprint density at radius 1 is 1.19 bits per heavy atom. The summed E-state index contributed by atoms with van der Waals surface area (Å²) in [7, 11) is 0. The van der Waals surface area contributed by atoms with Crippen molar-refractivity contribution in [2.45, 2.75) is 4.90 Å².